The number of carbonyl (C=O) groups excluding carboxylic acids is 1. The molecule has 0 saturated carbocycles. The van der Waals surface area contributed by atoms with Gasteiger partial charge in [-0.2, -0.15) is 0 Å². The van der Waals surface area contributed by atoms with Gasteiger partial charge in [-0.25, -0.2) is 0 Å². The predicted molar refractivity (Wildman–Crippen MR) is 128 cm³/mol. The highest BCUT2D eigenvalue weighted by atomic mass is 32.1. The minimum Gasteiger partial charge on any atom is -0.349 e. The summed E-state index contributed by atoms with van der Waals surface area (Å²) in [4.78, 5) is 29.6. The van der Waals surface area contributed by atoms with E-state index < -0.39 is 0 Å². The Morgan fingerprint density at radius 2 is 1.87 bits per heavy atom. The number of carbonyl (C=O) groups is 1. The molecule has 1 aliphatic heterocycles. The van der Waals surface area contributed by atoms with Crippen molar-refractivity contribution < 1.29 is 4.79 Å². The minimum atomic E-state index is -0.107. The zero-order chi connectivity index (χ0) is 22.0. The van der Waals surface area contributed by atoms with E-state index in [1.807, 2.05) is 25.3 Å². The number of amides is 1. The normalized spacial score (nSPS) is 15.6. The van der Waals surface area contributed by atoms with Crippen molar-refractivity contribution >= 4 is 27.3 Å². The molecule has 0 atom stereocenters. The van der Waals surface area contributed by atoms with Gasteiger partial charge >= 0.3 is 0 Å². The third-order valence-electron chi connectivity index (χ3n) is 5.95. The third-order valence-corrected chi connectivity index (χ3v) is 7.02. The van der Waals surface area contributed by atoms with E-state index in [2.05, 4.69) is 48.3 Å². The molecule has 3 heterocycles. The van der Waals surface area contributed by atoms with Gasteiger partial charge in [-0.1, -0.05) is 44.2 Å². The van der Waals surface area contributed by atoms with Crippen LogP contribution in [0.3, 0.4) is 0 Å². The first kappa shape index (κ1) is 21.8. The average molecular weight is 438 g/mol. The number of hydrogen-bond donors (Lipinski definition) is 1. The first-order valence-corrected chi connectivity index (χ1v) is 11.9. The van der Waals surface area contributed by atoms with E-state index >= 15 is 0 Å². The molecule has 1 fully saturated rings. The Morgan fingerprint density at radius 3 is 2.55 bits per heavy atom. The van der Waals surface area contributed by atoms with Crippen molar-refractivity contribution in [3.8, 4) is 0 Å². The van der Waals surface area contributed by atoms with Crippen molar-refractivity contribution in [2.45, 2.75) is 52.7 Å². The van der Waals surface area contributed by atoms with Gasteiger partial charge in [0, 0.05) is 48.0 Å². The van der Waals surface area contributed by atoms with E-state index in [9.17, 15) is 9.59 Å². The maximum atomic E-state index is 13.2. The van der Waals surface area contributed by atoms with Gasteiger partial charge in [0.2, 0.25) is 0 Å². The lowest BCUT2D eigenvalue weighted by atomic mass is 10.0. The largest absolute Gasteiger partial charge is 0.349 e. The van der Waals surface area contributed by atoms with Crippen LogP contribution in [0.15, 0.2) is 47.4 Å². The van der Waals surface area contributed by atoms with Crippen LogP contribution < -0.4 is 10.9 Å². The molecule has 2 aromatic heterocycles. The van der Waals surface area contributed by atoms with Gasteiger partial charge in [-0.15, -0.1) is 11.3 Å². The fourth-order valence-corrected chi connectivity index (χ4v) is 5.46. The Labute approximate surface area is 187 Å². The molecule has 0 radical (unpaired) electrons. The molecule has 4 rings (SSSR count). The molecule has 1 N–H and O–H groups in total. The van der Waals surface area contributed by atoms with Gasteiger partial charge in [0.15, 0.2) is 0 Å². The van der Waals surface area contributed by atoms with Gasteiger partial charge in [0.25, 0.3) is 11.5 Å². The molecule has 0 aliphatic carbocycles. The lowest BCUT2D eigenvalue weighted by Gasteiger charge is -2.32. The first-order chi connectivity index (χ1) is 14.9. The number of nitrogens with zero attached hydrogens (tertiary/aromatic N) is 2. The highest BCUT2D eigenvalue weighted by molar-refractivity contribution is 7.19. The number of aryl methyl sites for hydroxylation is 1. The molecule has 0 spiro atoms. The van der Waals surface area contributed by atoms with Crippen molar-refractivity contribution in [1.82, 2.24) is 14.8 Å². The number of rotatable bonds is 6. The summed E-state index contributed by atoms with van der Waals surface area (Å²) < 4.78 is 2.63. The van der Waals surface area contributed by atoms with Crippen molar-refractivity contribution in [2.24, 2.45) is 5.92 Å². The van der Waals surface area contributed by atoms with Crippen molar-refractivity contribution in [1.29, 1.82) is 0 Å². The van der Waals surface area contributed by atoms with E-state index in [4.69, 9.17) is 0 Å². The van der Waals surface area contributed by atoms with Crippen molar-refractivity contribution in [3.63, 3.8) is 0 Å². The molecule has 31 heavy (non-hydrogen) atoms. The molecule has 1 aromatic carbocycles. The first-order valence-electron chi connectivity index (χ1n) is 11.1. The number of pyridine rings is 1. The molecule has 164 valence electrons. The highest BCUT2D eigenvalue weighted by Gasteiger charge is 2.25. The quantitative estimate of drug-likeness (QED) is 0.621. The molecule has 1 aliphatic rings. The second-order valence-electron chi connectivity index (χ2n) is 8.95. The van der Waals surface area contributed by atoms with Crippen LogP contribution in [0.1, 0.15) is 47.5 Å². The molecule has 1 amide bonds. The summed E-state index contributed by atoms with van der Waals surface area (Å²) in [6.07, 6.45) is 3.71. The van der Waals surface area contributed by atoms with Gasteiger partial charge in [0.05, 0.1) is 10.9 Å². The summed E-state index contributed by atoms with van der Waals surface area (Å²) in [6, 6.07) is 12.6. The third kappa shape index (κ3) is 4.91. The van der Waals surface area contributed by atoms with Gasteiger partial charge < -0.3 is 9.88 Å². The summed E-state index contributed by atoms with van der Waals surface area (Å²) in [5.74, 6) is 0.262. The van der Waals surface area contributed by atoms with Crippen LogP contribution in [0.4, 0.5) is 0 Å². The van der Waals surface area contributed by atoms with Gasteiger partial charge in [-0.05, 0) is 37.3 Å². The maximum Gasteiger partial charge on any atom is 0.260 e. The smallest absolute Gasteiger partial charge is 0.260 e. The van der Waals surface area contributed by atoms with Gasteiger partial charge in [-0.3, -0.25) is 14.5 Å². The molecular weight excluding hydrogens is 406 g/mol. The Kier molecular flexibility index (Phi) is 6.58. The molecular formula is C25H31N3O2S. The summed E-state index contributed by atoms with van der Waals surface area (Å²) >= 11 is 1.53. The fraction of sp³-hybridized carbons (Fsp3) is 0.440. The number of benzene rings is 1. The average Bonchev–Trinajstić information content (AvgIpc) is 3.09. The van der Waals surface area contributed by atoms with Crippen LogP contribution in [0.25, 0.3) is 10.1 Å². The molecule has 1 saturated heterocycles. The minimum absolute atomic E-state index is 0.0571. The van der Waals surface area contributed by atoms with Crippen LogP contribution in [-0.2, 0) is 13.1 Å². The number of fused-ring (bicyclic) bond motifs is 1. The molecule has 5 nitrogen and oxygen atoms in total. The SMILES string of the molecule is Cc1sc2ccn(CC(C)C)c(=O)c2c1C(=O)NC1CCN(Cc2ccccc2)CC1. The molecule has 0 unspecified atom stereocenters. The Hall–Kier alpha value is -2.44. The lowest BCUT2D eigenvalue weighted by molar-refractivity contribution is 0.0910. The summed E-state index contributed by atoms with van der Waals surface area (Å²) in [6.45, 7) is 9.65. The number of thiophene rings is 1. The van der Waals surface area contributed by atoms with Crippen molar-refractivity contribution in [2.75, 3.05) is 13.1 Å². The molecule has 6 heteroatoms. The topological polar surface area (TPSA) is 54.3 Å². The van der Waals surface area contributed by atoms with Crippen molar-refractivity contribution in [3.05, 3.63) is 69.0 Å². The second kappa shape index (κ2) is 9.37. The fourth-order valence-electron chi connectivity index (χ4n) is 4.41. The monoisotopic (exact) mass is 437 g/mol. The number of aromatic nitrogens is 1. The standard InChI is InChI=1S/C25H31N3O2S/c1-17(2)15-28-14-11-21-23(25(28)30)22(18(3)31-21)24(29)26-20-9-12-27(13-10-20)16-19-7-5-4-6-8-19/h4-8,11,14,17,20H,9-10,12-13,15-16H2,1-3H3,(H,26,29). The van der Waals surface area contributed by atoms with Crippen LogP contribution >= 0.6 is 11.3 Å². The second-order valence-corrected chi connectivity index (χ2v) is 10.2. The number of hydrogen-bond acceptors (Lipinski definition) is 4. The van der Waals surface area contributed by atoms with Crippen LogP contribution in [-0.4, -0.2) is 34.5 Å². The zero-order valence-corrected chi connectivity index (χ0v) is 19.4. The van der Waals surface area contributed by atoms with E-state index in [0.717, 1.165) is 42.1 Å². The predicted octanol–water partition coefficient (Wildman–Crippen LogP) is 4.42. The van der Waals surface area contributed by atoms with Crippen LogP contribution in [0.5, 0.6) is 0 Å². The Bertz CT molecular complexity index is 1110. The summed E-state index contributed by atoms with van der Waals surface area (Å²) in [5.41, 5.74) is 1.83. The number of nitrogens with one attached hydrogen (secondary N) is 1. The molecule has 0 bridgehead atoms. The van der Waals surface area contributed by atoms with Gasteiger partial charge in [0.1, 0.15) is 0 Å². The summed E-state index contributed by atoms with van der Waals surface area (Å²) in [5, 5.41) is 3.79. The number of likely N-dealkylation sites (tertiary alicyclic amines) is 1. The molecule has 3 aromatic rings. The van der Waals surface area contributed by atoms with E-state index in [0.29, 0.717) is 23.4 Å². The summed E-state index contributed by atoms with van der Waals surface area (Å²) in [7, 11) is 0. The Balaban J connectivity index is 1.45. The van der Waals surface area contributed by atoms with E-state index in [1.54, 1.807) is 4.57 Å². The van der Waals surface area contributed by atoms with E-state index in [-0.39, 0.29) is 17.5 Å². The maximum absolute atomic E-state index is 13.2. The zero-order valence-electron chi connectivity index (χ0n) is 18.6. The lowest BCUT2D eigenvalue weighted by Crippen LogP contribution is -2.44. The number of piperidine rings is 1. The van der Waals surface area contributed by atoms with Crippen LogP contribution in [0, 0.1) is 12.8 Å². The van der Waals surface area contributed by atoms with Crippen LogP contribution in [0.2, 0.25) is 0 Å². The Morgan fingerprint density at radius 1 is 1.16 bits per heavy atom. The van der Waals surface area contributed by atoms with E-state index in [1.165, 1.54) is 16.9 Å². The highest BCUT2D eigenvalue weighted by Crippen LogP contribution is 2.29.